The van der Waals surface area contributed by atoms with Gasteiger partial charge in [-0.3, -0.25) is 4.90 Å². The molecule has 0 amide bonds. The SMILES string of the molecule is c1cnc(O[C@@H]2CCOC3(C2)CN(Cc2ccsc2)C3)nc1. The molecule has 4 heterocycles. The largest absolute Gasteiger partial charge is 0.460 e. The zero-order chi connectivity index (χ0) is 14.8. The molecule has 1 spiro atoms. The molecule has 0 saturated carbocycles. The second kappa shape index (κ2) is 5.95. The molecule has 0 aromatic carbocycles. The van der Waals surface area contributed by atoms with Crippen LogP contribution in [0.5, 0.6) is 6.01 Å². The lowest BCUT2D eigenvalue weighted by Gasteiger charge is -2.53. The van der Waals surface area contributed by atoms with Crippen LogP contribution < -0.4 is 4.74 Å². The molecule has 2 aromatic heterocycles. The number of ether oxygens (including phenoxy) is 2. The third kappa shape index (κ3) is 2.99. The molecule has 1 atom stereocenters. The van der Waals surface area contributed by atoms with Crippen molar-refractivity contribution in [3.8, 4) is 6.01 Å². The second-order valence-electron chi connectivity index (χ2n) is 6.07. The van der Waals surface area contributed by atoms with Crippen molar-refractivity contribution in [3.63, 3.8) is 0 Å². The number of rotatable bonds is 4. The van der Waals surface area contributed by atoms with Crippen molar-refractivity contribution < 1.29 is 9.47 Å². The maximum atomic E-state index is 6.06. The van der Waals surface area contributed by atoms with Crippen LogP contribution in [0.25, 0.3) is 0 Å². The number of nitrogens with zero attached hydrogens (tertiary/aromatic N) is 3. The monoisotopic (exact) mass is 317 g/mol. The molecule has 0 bridgehead atoms. The predicted molar refractivity (Wildman–Crippen MR) is 84.0 cm³/mol. The van der Waals surface area contributed by atoms with Crippen molar-refractivity contribution in [1.29, 1.82) is 0 Å². The highest BCUT2D eigenvalue weighted by molar-refractivity contribution is 7.07. The number of hydrogen-bond acceptors (Lipinski definition) is 6. The van der Waals surface area contributed by atoms with Crippen LogP contribution in [-0.4, -0.2) is 46.3 Å². The zero-order valence-corrected chi connectivity index (χ0v) is 13.2. The summed E-state index contributed by atoms with van der Waals surface area (Å²) in [5, 5.41) is 4.34. The van der Waals surface area contributed by atoms with Gasteiger partial charge in [0.2, 0.25) is 0 Å². The molecule has 2 aromatic rings. The molecule has 2 fully saturated rings. The van der Waals surface area contributed by atoms with E-state index in [0.29, 0.717) is 6.01 Å². The lowest BCUT2D eigenvalue weighted by molar-refractivity contribution is -0.188. The predicted octanol–water partition coefficient (Wildman–Crippen LogP) is 2.35. The van der Waals surface area contributed by atoms with E-state index in [9.17, 15) is 0 Å². The lowest BCUT2D eigenvalue weighted by Crippen LogP contribution is -2.65. The van der Waals surface area contributed by atoms with Crippen molar-refractivity contribution in [2.75, 3.05) is 19.7 Å². The van der Waals surface area contributed by atoms with Gasteiger partial charge in [-0.05, 0) is 28.5 Å². The smallest absolute Gasteiger partial charge is 0.316 e. The summed E-state index contributed by atoms with van der Waals surface area (Å²) >= 11 is 1.75. The topological polar surface area (TPSA) is 47.5 Å². The first-order valence-electron chi connectivity index (χ1n) is 7.62. The molecule has 5 nitrogen and oxygen atoms in total. The van der Waals surface area contributed by atoms with Crippen molar-refractivity contribution in [2.24, 2.45) is 0 Å². The molecule has 22 heavy (non-hydrogen) atoms. The molecular weight excluding hydrogens is 298 g/mol. The van der Waals surface area contributed by atoms with Crippen molar-refractivity contribution in [3.05, 3.63) is 40.8 Å². The summed E-state index contributed by atoms with van der Waals surface area (Å²) in [6, 6.07) is 4.46. The van der Waals surface area contributed by atoms with Crippen LogP contribution in [0.1, 0.15) is 18.4 Å². The van der Waals surface area contributed by atoms with E-state index in [1.165, 1.54) is 5.56 Å². The van der Waals surface area contributed by atoms with Crippen molar-refractivity contribution >= 4 is 11.3 Å². The van der Waals surface area contributed by atoms with E-state index in [-0.39, 0.29) is 11.7 Å². The molecule has 4 rings (SSSR count). The van der Waals surface area contributed by atoms with Gasteiger partial charge in [-0.2, -0.15) is 11.3 Å². The Morgan fingerprint density at radius 1 is 1.36 bits per heavy atom. The maximum absolute atomic E-state index is 6.06. The van der Waals surface area contributed by atoms with E-state index in [4.69, 9.17) is 9.47 Å². The molecule has 0 aliphatic carbocycles. The molecule has 2 saturated heterocycles. The van der Waals surface area contributed by atoms with Gasteiger partial charge in [0.05, 0.1) is 12.2 Å². The van der Waals surface area contributed by atoms with Gasteiger partial charge < -0.3 is 9.47 Å². The molecule has 0 unspecified atom stereocenters. The molecule has 0 radical (unpaired) electrons. The standard InChI is InChI=1S/C16H19N3O2S/c1-4-17-15(18-5-1)21-14-2-6-20-16(8-14)11-19(12-16)9-13-3-7-22-10-13/h1,3-5,7,10,14H,2,6,8-9,11-12H2/t14-/m1/s1. The Hall–Kier alpha value is -1.50. The first-order chi connectivity index (χ1) is 10.8. The normalized spacial score (nSPS) is 24.1. The Bertz CT molecular complexity index is 599. The Morgan fingerprint density at radius 3 is 3.00 bits per heavy atom. The van der Waals surface area contributed by atoms with E-state index in [2.05, 4.69) is 31.7 Å². The quantitative estimate of drug-likeness (QED) is 0.866. The van der Waals surface area contributed by atoms with Gasteiger partial charge in [-0.1, -0.05) is 0 Å². The highest BCUT2D eigenvalue weighted by atomic mass is 32.1. The molecule has 2 aliphatic rings. The van der Waals surface area contributed by atoms with E-state index in [0.717, 1.165) is 39.1 Å². The van der Waals surface area contributed by atoms with E-state index >= 15 is 0 Å². The van der Waals surface area contributed by atoms with Crippen LogP contribution in [0, 0.1) is 0 Å². The van der Waals surface area contributed by atoms with Crippen LogP contribution in [0.2, 0.25) is 0 Å². The minimum absolute atomic E-state index is 0.0340. The van der Waals surface area contributed by atoms with Crippen LogP contribution in [0.4, 0.5) is 0 Å². The number of hydrogen-bond donors (Lipinski definition) is 0. The van der Waals surface area contributed by atoms with E-state index in [1.807, 2.05) is 0 Å². The third-order valence-electron chi connectivity index (χ3n) is 4.27. The van der Waals surface area contributed by atoms with Crippen LogP contribution in [-0.2, 0) is 11.3 Å². The summed E-state index contributed by atoms with van der Waals surface area (Å²) in [5.41, 5.74) is 1.36. The fourth-order valence-corrected chi connectivity index (χ4v) is 3.98. The van der Waals surface area contributed by atoms with Crippen LogP contribution in [0.3, 0.4) is 0 Å². The molecule has 116 valence electrons. The zero-order valence-electron chi connectivity index (χ0n) is 12.4. The third-order valence-corrected chi connectivity index (χ3v) is 5.00. The summed E-state index contributed by atoms with van der Waals surface area (Å²) in [6.07, 6.45) is 5.40. The Balaban J connectivity index is 1.32. The van der Waals surface area contributed by atoms with Gasteiger partial charge in [-0.25, -0.2) is 9.97 Å². The van der Waals surface area contributed by atoms with Gasteiger partial charge in [-0.15, -0.1) is 0 Å². The van der Waals surface area contributed by atoms with E-state index < -0.39 is 0 Å². The maximum Gasteiger partial charge on any atom is 0.316 e. The van der Waals surface area contributed by atoms with E-state index in [1.54, 1.807) is 29.8 Å². The highest BCUT2D eigenvalue weighted by Crippen LogP contribution is 2.36. The van der Waals surface area contributed by atoms with Crippen LogP contribution >= 0.6 is 11.3 Å². The average Bonchev–Trinajstić information content (AvgIpc) is 3.00. The summed E-state index contributed by atoms with van der Waals surface area (Å²) in [7, 11) is 0. The lowest BCUT2D eigenvalue weighted by atomic mass is 9.84. The van der Waals surface area contributed by atoms with Gasteiger partial charge in [0.15, 0.2) is 0 Å². The summed E-state index contributed by atoms with van der Waals surface area (Å²) < 4.78 is 12.0. The van der Waals surface area contributed by atoms with Gasteiger partial charge in [0.1, 0.15) is 6.10 Å². The summed E-state index contributed by atoms with van der Waals surface area (Å²) in [5.74, 6) is 0. The Labute approximate surface area is 133 Å². The van der Waals surface area contributed by atoms with Gasteiger partial charge >= 0.3 is 6.01 Å². The minimum atomic E-state index is -0.0340. The average molecular weight is 317 g/mol. The first kappa shape index (κ1) is 14.1. The van der Waals surface area contributed by atoms with Gasteiger partial charge in [0.25, 0.3) is 0 Å². The van der Waals surface area contributed by atoms with Crippen molar-refractivity contribution in [1.82, 2.24) is 14.9 Å². The number of thiophene rings is 1. The second-order valence-corrected chi connectivity index (χ2v) is 6.85. The minimum Gasteiger partial charge on any atom is -0.460 e. The number of aromatic nitrogens is 2. The summed E-state index contributed by atoms with van der Waals surface area (Å²) in [6.45, 7) is 3.74. The Kier molecular flexibility index (Phi) is 3.82. The van der Waals surface area contributed by atoms with Gasteiger partial charge in [0, 0.05) is 44.9 Å². The van der Waals surface area contributed by atoms with Crippen molar-refractivity contribution in [2.45, 2.75) is 31.1 Å². The molecule has 0 N–H and O–H groups in total. The molecule has 6 heteroatoms. The highest BCUT2D eigenvalue weighted by Gasteiger charge is 2.48. The Morgan fingerprint density at radius 2 is 2.23 bits per heavy atom. The first-order valence-corrected chi connectivity index (χ1v) is 8.57. The molecular formula is C16H19N3O2S. The van der Waals surface area contributed by atoms with Crippen LogP contribution in [0.15, 0.2) is 35.3 Å². The summed E-state index contributed by atoms with van der Waals surface area (Å²) in [4.78, 5) is 10.7. The fourth-order valence-electron chi connectivity index (χ4n) is 3.32. The molecule has 2 aliphatic heterocycles. The fraction of sp³-hybridized carbons (Fsp3) is 0.500. The number of likely N-dealkylation sites (tertiary alicyclic amines) is 1.